The third-order valence-corrected chi connectivity index (χ3v) is 2.34. The summed E-state index contributed by atoms with van der Waals surface area (Å²) in [5.41, 5.74) is 1.43. The minimum atomic E-state index is 0. The van der Waals surface area contributed by atoms with Crippen LogP contribution in [0.3, 0.4) is 0 Å². The predicted molar refractivity (Wildman–Crippen MR) is 63.5 cm³/mol. The van der Waals surface area contributed by atoms with E-state index in [4.69, 9.17) is 0 Å². The normalized spacial score (nSPS) is 8.87. The Hall–Kier alpha value is 0.466. The Morgan fingerprint density at radius 1 is 1.13 bits per heavy atom. The number of rotatable bonds is 6. The van der Waals surface area contributed by atoms with E-state index in [1.165, 1.54) is 44.1 Å². The second-order valence-electron chi connectivity index (χ2n) is 3.58. The largest absolute Gasteiger partial charge is 2.00 e. The molecule has 1 aromatic carbocycles. The van der Waals surface area contributed by atoms with E-state index < -0.39 is 0 Å². The van der Waals surface area contributed by atoms with Gasteiger partial charge in [0.25, 0.3) is 0 Å². The van der Waals surface area contributed by atoms with E-state index in [0.29, 0.717) is 0 Å². The molecule has 15 heavy (non-hydrogen) atoms. The third kappa shape index (κ3) is 9.40. The van der Waals surface area contributed by atoms with Crippen molar-refractivity contribution in [2.75, 3.05) is 0 Å². The molecule has 0 nitrogen and oxygen atoms in total. The van der Waals surface area contributed by atoms with Crippen LogP contribution in [0.1, 0.15) is 44.6 Å². The summed E-state index contributed by atoms with van der Waals surface area (Å²) in [7, 11) is 0. The van der Waals surface area contributed by atoms with E-state index in [1.54, 1.807) is 0 Å². The van der Waals surface area contributed by atoms with Gasteiger partial charge in [0.2, 0.25) is 0 Å². The van der Waals surface area contributed by atoms with E-state index in [9.17, 15) is 0 Å². The van der Waals surface area contributed by atoms with Crippen molar-refractivity contribution < 1.29 is 17.0 Å². The van der Waals surface area contributed by atoms with Crippen LogP contribution >= 0.6 is 0 Å². The SMILES string of the molecule is CCCCCCCc1c[c-]ccc1.[Br-].[Mg+2]. The van der Waals surface area contributed by atoms with Crippen molar-refractivity contribution in [1.29, 1.82) is 0 Å². The molecule has 0 fully saturated rings. The minimum Gasteiger partial charge on any atom is -1.00 e. The van der Waals surface area contributed by atoms with E-state index in [-0.39, 0.29) is 40.0 Å². The van der Waals surface area contributed by atoms with E-state index >= 15 is 0 Å². The Balaban J connectivity index is 0. The molecule has 0 aliphatic heterocycles. The molecule has 0 unspecified atom stereocenters. The summed E-state index contributed by atoms with van der Waals surface area (Å²) >= 11 is 0. The first kappa shape index (κ1) is 17.8. The Kier molecular flexibility index (Phi) is 14.9. The van der Waals surface area contributed by atoms with Crippen LogP contribution in [0.15, 0.2) is 24.3 Å². The quantitative estimate of drug-likeness (QED) is 0.407. The molecule has 0 saturated carbocycles. The van der Waals surface area contributed by atoms with Gasteiger partial charge in [-0.25, -0.2) is 0 Å². The average molecular weight is 280 g/mol. The summed E-state index contributed by atoms with van der Waals surface area (Å²) in [6.07, 6.45) is 8.05. The maximum atomic E-state index is 3.11. The second kappa shape index (κ2) is 12.5. The van der Waals surface area contributed by atoms with Crippen LogP contribution in [0.4, 0.5) is 0 Å². The van der Waals surface area contributed by atoms with Gasteiger partial charge in [-0.1, -0.05) is 45.4 Å². The number of benzene rings is 1. The van der Waals surface area contributed by atoms with Crippen LogP contribution in [0.5, 0.6) is 0 Å². The molecule has 0 saturated heterocycles. The molecule has 80 valence electrons. The maximum absolute atomic E-state index is 3.11. The molecule has 0 aliphatic carbocycles. The first-order chi connectivity index (χ1) is 6.43. The fourth-order valence-electron chi connectivity index (χ4n) is 1.52. The first-order valence-corrected chi connectivity index (χ1v) is 5.38. The fourth-order valence-corrected chi connectivity index (χ4v) is 1.52. The van der Waals surface area contributed by atoms with Gasteiger partial charge in [-0.15, -0.1) is 0 Å². The van der Waals surface area contributed by atoms with Gasteiger partial charge >= 0.3 is 23.1 Å². The van der Waals surface area contributed by atoms with Crippen LogP contribution in [0, 0.1) is 6.07 Å². The molecular formula is C13H19BrMg. The minimum absolute atomic E-state index is 0. The van der Waals surface area contributed by atoms with Crippen LogP contribution in [0.25, 0.3) is 0 Å². The fraction of sp³-hybridized carbons (Fsp3) is 0.538. The monoisotopic (exact) mass is 278 g/mol. The van der Waals surface area contributed by atoms with Gasteiger partial charge in [0.15, 0.2) is 0 Å². The molecule has 0 radical (unpaired) electrons. The summed E-state index contributed by atoms with van der Waals surface area (Å²) in [6.45, 7) is 2.26. The molecule has 0 spiro atoms. The Morgan fingerprint density at radius 3 is 2.47 bits per heavy atom. The topological polar surface area (TPSA) is 0 Å². The van der Waals surface area contributed by atoms with Crippen LogP contribution < -0.4 is 17.0 Å². The Bertz CT molecular complexity index is 211. The van der Waals surface area contributed by atoms with Crippen molar-refractivity contribution in [2.45, 2.75) is 45.4 Å². The average Bonchev–Trinajstić information content (AvgIpc) is 2.19. The molecule has 0 N–H and O–H groups in total. The summed E-state index contributed by atoms with van der Waals surface area (Å²) in [6, 6.07) is 11.4. The van der Waals surface area contributed by atoms with Gasteiger partial charge < -0.3 is 17.0 Å². The number of hydrogen-bond donors (Lipinski definition) is 0. The molecule has 0 amide bonds. The number of unbranched alkanes of at least 4 members (excludes halogenated alkanes) is 4. The summed E-state index contributed by atoms with van der Waals surface area (Å²) in [5, 5.41) is 0. The van der Waals surface area contributed by atoms with Crippen molar-refractivity contribution in [3.63, 3.8) is 0 Å². The zero-order chi connectivity index (χ0) is 9.36. The first-order valence-electron chi connectivity index (χ1n) is 5.38. The molecule has 0 bridgehead atoms. The zero-order valence-electron chi connectivity index (χ0n) is 9.64. The van der Waals surface area contributed by atoms with E-state index in [1.807, 2.05) is 6.07 Å². The van der Waals surface area contributed by atoms with Crippen molar-refractivity contribution in [2.24, 2.45) is 0 Å². The molecule has 1 aromatic rings. The van der Waals surface area contributed by atoms with Gasteiger partial charge in [0, 0.05) is 0 Å². The number of aryl methyl sites for hydroxylation is 1. The summed E-state index contributed by atoms with van der Waals surface area (Å²) in [4.78, 5) is 0. The number of hydrogen-bond acceptors (Lipinski definition) is 0. The standard InChI is InChI=1S/C13H19.BrH.Mg/c1-2-3-4-5-7-10-13-11-8-6-9-12-13;;/h6,8,11-12H,2-5,7,10H2,1H3;1H;/q-1;;+2/p-1. The third-order valence-electron chi connectivity index (χ3n) is 2.34. The molecular weight excluding hydrogens is 260 g/mol. The van der Waals surface area contributed by atoms with Gasteiger partial charge in [-0.3, -0.25) is 0 Å². The molecule has 1 rings (SSSR count). The maximum Gasteiger partial charge on any atom is 2.00 e. The second-order valence-corrected chi connectivity index (χ2v) is 3.58. The smallest absolute Gasteiger partial charge is 1.00 e. The van der Waals surface area contributed by atoms with Crippen LogP contribution in [0.2, 0.25) is 0 Å². The van der Waals surface area contributed by atoms with Gasteiger partial charge in [-0.05, 0) is 0 Å². The molecule has 0 atom stereocenters. The number of halogens is 1. The summed E-state index contributed by atoms with van der Waals surface area (Å²) in [5.74, 6) is 0. The molecule has 0 aromatic heterocycles. The van der Waals surface area contributed by atoms with Crippen molar-refractivity contribution >= 4 is 23.1 Å². The van der Waals surface area contributed by atoms with Gasteiger partial charge in [0.1, 0.15) is 0 Å². The van der Waals surface area contributed by atoms with Gasteiger partial charge in [0.05, 0.1) is 0 Å². The molecule has 2 heteroatoms. The van der Waals surface area contributed by atoms with E-state index in [0.717, 1.165) is 0 Å². The Morgan fingerprint density at radius 2 is 1.87 bits per heavy atom. The van der Waals surface area contributed by atoms with Gasteiger partial charge in [-0.2, -0.15) is 35.9 Å². The van der Waals surface area contributed by atoms with Crippen molar-refractivity contribution in [3.05, 3.63) is 35.9 Å². The zero-order valence-corrected chi connectivity index (χ0v) is 12.6. The van der Waals surface area contributed by atoms with Crippen molar-refractivity contribution in [3.8, 4) is 0 Å². The Labute approximate surface area is 121 Å². The van der Waals surface area contributed by atoms with Crippen LogP contribution in [-0.4, -0.2) is 23.1 Å². The van der Waals surface area contributed by atoms with Crippen LogP contribution in [-0.2, 0) is 6.42 Å². The van der Waals surface area contributed by atoms with Crippen molar-refractivity contribution in [1.82, 2.24) is 0 Å². The predicted octanol–water partition coefficient (Wildman–Crippen LogP) is 0.623. The molecule has 0 heterocycles. The van der Waals surface area contributed by atoms with E-state index in [2.05, 4.69) is 31.2 Å². The summed E-state index contributed by atoms with van der Waals surface area (Å²) < 4.78 is 0. The molecule has 0 aliphatic rings.